The first-order chi connectivity index (χ1) is 10.7. The van der Waals surface area contributed by atoms with Crippen molar-refractivity contribution in [2.75, 3.05) is 26.9 Å². The maximum Gasteiger partial charge on any atom is 0.220 e. The van der Waals surface area contributed by atoms with Crippen molar-refractivity contribution < 1.29 is 14.6 Å². The molecule has 1 aliphatic heterocycles. The van der Waals surface area contributed by atoms with Crippen LogP contribution in [-0.4, -0.2) is 48.0 Å². The van der Waals surface area contributed by atoms with Crippen molar-refractivity contribution in [1.29, 1.82) is 0 Å². The highest BCUT2D eigenvalue weighted by Gasteiger charge is 2.47. The number of nitrogens with one attached hydrogen (secondary N) is 1. The summed E-state index contributed by atoms with van der Waals surface area (Å²) in [5.74, 6) is 0.920. The number of hydrogen-bond donors (Lipinski definition) is 2. The molecule has 2 fully saturated rings. The van der Waals surface area contributed by atoms with Gasteiger partial charge in [-0.15, -0.1) is 0 Å². The van der Waals surface area contributed by atoms with E-state index >= 15 is 0 Å². The second-order valence-corrected chi connectivity index (χ2v) is 6.41. The fraction of sp³-hybridized carbons (Fsp3) is 0.750. The van der Waals surface area contributed by atoms with Gasteiger partial charge in [-0.05, 0) is 31.6 Å². The molecule has 122 valence electrons. The summed E-state index contributed by atoms with van der Waals surface area (Å²) in [6.45, 7) is 3.04. The predicted molar refractivity (Wildman–Crippen MR) is 81.5 cm³/mol. The molecule has 0 amide bonds. The van der Waals surface area contributed by atoms with E-state index in [1.54, 1.807) is 13.3 Å². The molecule has 1 saturated heterocycles. The number of aliphatic hydroxyl groups is 1. The summed E-state index contributed by atoms with van der Waals surface area (Å²) in [7, 11) is 1.61. The summed E-state index contributed by atoms with van der Waals surface area (Å²) in [4.78, 5) is 8.13. The summed E-state index contributed by atoms with van der Waals surface area (Å²) in [6, 6.07) is 0. The Hall–Kier alpha value is -1.24. The molecule has 22 heavy (non-hydrogen) atoms. The summed E-state index contributed by atoms with van der Waals surface area (Å²) in [6.07, 6.45) is 7.20. The quantitative estimate of drug-likeness (QED) is 0.849. The van der Waals surface area contributed by atoms with Crippen LogP contribution in [0.15, 0.2) is 12.5 Å². The lowest BCUT2D eigenvalue weighted by atomic mass is 9.76. The molecule has 3 rings (SSSR count). The fourth-order valence-electron chi connectivity index (χ4n) is 3.86. The minimum absolute atomic E-state index is 0.0954. The van der Waals surface area contributed by atoms with E-state index in [0.29, 0.717) is 18.3 Å². The Bertz CT molecular complexity index is 491. The summed E-state index contributed by atoms with van der Waals surface area (Å²) in [5, 5.41) is 14.1. The number of aliphatic hydroxyl groups excluding tert-OH is 1. The lowest BCUT2D eigenvalue weighted by Crippen LogP contribution is -2.40. The molecule has 1 aliphatic carbocycles. The van der Waals surface area contributed by atoms with Crippen LogP contribution in [0.4, 0.5) is 0 Å². The molecule has 6 nitrogen and oxygen atoms in total. The number of nitrogens with zero attached hydrogens (tertiary/aromatic N) is 2. The molecule has 2 N–H and O–H groups in total. The number of ether oxygens (including phenoxy) is 2. The van der Waals surface area contributed by atoms with Crippen molar-refractivity contribution >= 4 is 0 Å². The standard InChI is InChI=1S/C16H25N3O3/c1-21-15-13(10-18-11-19-15)9-17-8-12-2-3-16(14(12)20)4-6-22-7-5-16/h10-12,14,17,20H,2-9H2,1H3. The third-order valence-corrected chi connectivity index (χ3v) is 5.24. The third kappa shape index (κ3) is 3.09. The van der Waals surface area contributed by atoms with Gasteiger partial charge in [0.2, 0.25) is 5.88 Å². The fourth-order valence-corrected chi connectivity index (χ4v) is 3.86. The van der Waals surface area contributed by atoms with Gasteiger partial charge >= 0.3 is 0 Å². The van der Waals surface area contributed by atoms with Crippen molar-refractivity contribution in [3.05, 3.63) is 18.1 Å². The normalized spacial score (nSPS) is 27.2. The van der Waals surface area contributed by atoms with Gasteiger partial charge < -0.3 is 19.9 Å². The van der Waals surface area contributed by atoms with Gasteiger partial charge in [0.15, 0.2) is 0 Å². The van der Waals surface area contributed by atoms with Gasteiger partial charge in [-0.1, -0.05) is 0 Å². The Morgan fingerprint density at radius 2 is 2.23 bits per heavy atom. The maximum absolute atomic E-state index is 10.7. The van der Waals surface area contributed by atoms with Crippen LogP contribution in [0.5, 0.6) is 5.88 Å². The molecule has 2 atom stereocenters. The van der Waals surface area contributed by atoms with Gasteiger partial charge in [0, 0.05) is 43.5 Å². The summed E-state index contributed by atoms with van der Waals surface area (Å²) >= 11 is 0. The highest BCUT2D eigenvalue weighted by Crippen LogP contribution is 2.48. The van der Waals surface area contributed by atoms with Crippen molar-refractivity contribution in [2.45, 2.75) is 38.3 Å². The van der Waals surface area contributed by atoms with Crippen LogP contribution in [-0.2, 0) is 11.3 Å². The lowest BCUT2D eigenvalue weighted by Gasteiger charge is -2.37. The zero-order chi connectivity index (χ0) is 15.4. The monoisotopic (exact) mass is 307 g/mol. The molecule has 2 aliphatic rings. The van der Waals surface area contributed by atoms with E-state index in [1.165, 1.54) is 6.33 Å². The van der Waals surface area contributed by atoms with Crippen LogP contribution in [0.1, 0.15) is 31.2 Å². The van der Waals surface area contributed by atoms with Crippen molar-refractivity contribution in [3.63, 3.8) is 0 Å². The molecule has 1 aromatic rings. The Kier molecular flexibility index (Phi) is 4.90. The van der Waals surface area contributed by atoms with Crippen molar-refractivity contribution in [2.24, 2.45) is 11.3 Å². The lowest BCUT2D eigenvalue weighted by molar-refractivity contribution is -0.0557. The van der Waals surface area contributed by atoms with E-state index in [9.17, 15) is 5.11 Å². The zero-order valence-corrected chi connectivity index (χ0v) is 13.1. The van der Waals surface area contributed by atoms with E-state index in [2.05, 4.69) is 15.3 Å². The largest absolute Gasteiger partial charge is 0.481 e. The molecule has 0 radical (unpaired) electrons. The highest BCUT2D eigenvalue weighted by atomic mass is 16.5. The van der Waals surface area contributed by atoms with E-state index < -0.39 is 0 Å². The SMILES string of the molecule is COc1ncncc1CNCC1CCC2(CCOCC2)C1O. The first kappa shape index (κ1) is 15.6. The van der Waals surface area contributed by atoms with Gasteiger partial charge in [0.25, 0.3) is 0 Å². The van der Waals surface area contributed by atoms with Gasteiger partial charge in [-0.2, -0.15) is 0 Å². The molecular weight excluding hydrogens is 282 g/mol. The highest BCUT2D eigenvalue weighted by molar-refractivity contribution is 5.21. The van der Waals surface area contributed by atoms with Gasteiger partial charge in [0.05, 0.1) is 13.2 Å². The average Bonchev–Trinajstić information content (AvgIpc) is 2.85. The minimum Gasteiger partial charge on any atom is -0.481 e. The van der Waals surface area contributed by atoms with Gasteiger partial charge in [-0.25, -0.2) is 9.97 Å². The molecule has 2 unspecified atom stereocenters. The third-order valence-electron chi connectivity index (χ3n) is 5.24. The van der Waals surface area contributed by atoms with E-state index in [0.717, 1.165) is 51.0 Å². The van der Waals surface area contributed by atoms with Crippen LogP contribution >= 0.6 is 0 Å². The average molecular weight is 307 g/mol. The second kappa shape index (κ2) is 6.89. The van der Waals surface area contributed by atoms with Crippen LogP contribution in [0.3, 0.4) is 0 Å². The molecule has 0 bridgehead atoms. The van der Waals surface area contributed by atoms with Gasteiger partial charge in [-0.3, -0.25) is 0 Å². The number of hydrogen-bond acceptors (Lipinski definition) is 6. The molecule has 6 heteroatoms. The zero-order valence-electron chi connectivity index (χ0n) is 13.1. The molecular formula is C16H25N3O3. The first-order valence-corrected chi connectivity index (χ1v) is 8.04. The summed E-state index contributed by atoms with van der Waals surface area (Å²) < 4.78 is 10.7. The van der Waals surface area contributed by atoms with Crippen molar-refractivity contribution in [3.8, 4) is 5.88 Å². The van der Waals surface area contributed by atoms with Crippen LogP contribution in [0.25, 0.3) is 0 Å². The van der Waals surface area contributed by atoms with E-state index in [1.807, 2.05) is 0 Å². The van der Waals surface area contributed by atoms with Crippen molar-refractivity contribution in [1.82, 2.24) is 15.3 Å². The number of methoxy groups -OCH3 is 1. The van der Waals surface area contributed by atoms with Crippen LogP contribution in [0, 0.1) is 11.3 Å². The summed E-state index contributed by atoms with van der Waals surface area (Å²) in [5.41, 5.74) is 1.04. The Morgan fingerprint density at radius 1 is 1.41 bits per heavy atom. The molecule has 2 heterocycles. The smallest absolute Gasteiger partial charge is 0.220 e. The minimum atomic E-state index is -0.224. The van der Waals surface area contributed by atoms with E-state index in [-0.39, 0.29) is 11.5 Å². The molecule has 1 saturated carbocycles. The Morgan fingerprint density at radius 3 is 3.00 bits per heavy atom. The Balaban J connectivity index is 1.52. The maximum atomic E-state index is 10.7. The second-order valence-electron chi connectivity index (χ2n) is 6.41. The number of aromatic nitrogens is 2. The first-order valence-electron chi connectivity index (χ1n) is 8.04. The van der Waals surface area contributed by atoms with E-state index in [4.69, 9.17) is 9.47 Å². The van der Waals surface area contributed by atoms with Gasteiger partial charge in [0.1, 0.15) is 6.33 Å². The molecule has 0 aromatic carbocycles. The predicted octanol–water partition coefficient (Wildman–Crippen LogP) is 1.14. The van der Waals surface area contributed by atoms with Crippen LogP contribution < -0.4 is 10.1 Å². The molecule has 1 aromatic heterocycles. The van der Waals surface area contributed by atoms with Crippen LogP contribution in [0.2, 0.25) is 0 Å². The molecule has 1 spiro atoms. The number of rotatable bonds is 5. The topological polar surface area (TPSA) is 76.5 Å². The Labute approximate surface area is 131 Å².